The second-order valence-corrected chi connectivity index (χ2v) is 4.99. The van der Waals surface area contributed by atoms with Crippen molar-refractivity contribution in [2.24, 2.45) is 7.05 Å². The van der Waals surface area contributed by atoms with Gasteiger partial charge >= 0.3 is 5.97 Å². The number of pyridine rings is 1. The Kier molecular flexibility index (Phi) is 4.26. The van der Waals surface area contributed by atoms with E-state index < -0.39 is 0 Å². The fourth-order valence-electron chi connectivity index (χ4n) is 2.20. The zero-order valence-corrected chi connectivity index (χ0v) is 12.9. The van der Waals surface area contributed by atoms with Gasteiger partial charge in [0.15, 0.2) is 5.65 Å². The van der Waals surface area contributed by atoms with Crippen molar-refractivity contribution in [3.63, 3.8) is 0 Å². The molecule has 0 spiro atoms. The number of carbonyl (C=O) groups excluding carboxylic acids is 1. The summed E-state index contributed by atoms with van der Waals surface area (Å²) in [7, 11) is 1.83. The molecule has 0 radical (unpaired) electrons. The van der Waals surface area contributed by atoms with Gasteiger partial charge in [0.25, 0.3) is 0 Å². The molecule has 2 heterocycles. The van der Waals surface area contributed by atoms with Gasteiger partial charge in [-0.25, -0.2) is 9.78 Å². The highest BCUT2D eigenvalue weighted by Gasteiger charge is 2.20. The smallest absolute Gasteiger partial charge is 0.341 e. The van der Waals surface area contributed by atoms with E-state index in [4.69, 9.17) is 4.74 Å². The number of hydrogen-bond acceptors (Lipinski definition) is 5. The lowest BCUT2D eigenvalue weighted by Gasteiger charge is -2.12. The molecule has 2 aromatic heterocycles. The number of fused-ring (bicyclic) bond motifs is 1. The normalized spacial score (nSPS) is 10.7. The van der Waals surface area contributed by atoms with Crippen molar-refractivity contribution in [3.05, 3.63) is 29.6 Å². The number of hydrogen-bond donors (Lipinski definition) is 1. The van der Waals surface area contributed by atoms with Gasteiger partial charge in [0.1, 0.15) is 5.56 Å². The van der Waals surface area contributed by atoms with Gasteiger partial charge in [0, 0.05) is 19.8 Å². The van der Waals surface area contributed by atoms with Crippen LogP contribution in [0.25, 0.3) is 11.0 Å². The molecule has 1 N–H and O–H groups in total. The first kappa shape index (κ1) is 15.0. The van der Waals surface area contributed by atoms with Crippen LogP contribution in [0.3, 0.4) is 0 Å². The van der Waals surface area contributed by atoms with Crippen LogP contribution in [0.2, 0.25) is 0 Å². The van der Waals surface area contributed by atoms with E-state index in [0.717, 1.165) is 22.3 Å². The third-order valence-corrected chi connectivity index (χ3v) is 3.09. The van der Waals surface area contributed by atoms with Crippen molar-refractivity contribution in [1.82, 2.24) is 14.8 Å². The summed E-state index contributed by atoms with van der Waals surface area (Å²) in [4.78, 5) is 16.4. The van der Waals surface area contributed by atoms with Gasteiger partial charge < -0.3 is 10.1 Å². The molecule has 6 heteroatoms. The number of carbonyl (C=O) groups is 1. The summed E-state index contributed by atoms with van der Waals surface area (Å²) in [6.45, 7) is 10.4. The van der Waals surface area contributed by atoms with Crippen LogP contribution in [0.4, 0.5) is 5.69 Å². The van der Waals surface area contributed by atoms with E-state index in [2.05, 4.69) is 22.0 Å². The van der Waals surface area contributed by atoms with Crippen LogP contribution in [0.15, 0.2) is 18.3 Å². The van der Waals surface area contributed by atoms with E-state index in [-0.39, 0.29) is 5.97 Å². The molecule has 2 rings (SSSR count). The number of aryl methyl sites for hydroxylation is 2. The predicted octanol–water partition coefficient (Wildman–Crippen LogP) is 2.44. The Balaban J connectivity index is 2.61. The SMILES string of the molecule is C=C(C)CNc1c(C(=O)OCC)cnc2c1c(C)nn2C. The van der Waals surface area contributed by atoms with E-state index in [1.54, 1.807) is 11.6 Å². The first-order chi connectivity index (χ1) is 9.95. The average molecular weight is 288 g/mol. The van der Waals surface area contributed by atoms with Crippen molar-refractivity contribution in [3.8, 4) is 0 Å². The number of nitrogens with one attached hydrogen (secondary N) is 1. The number of esters is 1. The fraction of sp³-hybridized carbons (Fsp3) is 0.400. The first-order valence-corrected chi connectivity index (χ1v) is 6.83. The van der Waals surface area contributed by atoms with Gasteiger partial charge in [-0.3, -0.25) is 4.68 Å². The van der Waals surface area contributed by atoms with Crippen LogP contribution in [0.5, 0.6) is 0 Å². The molecule has 0 bridgehead atoms. The molecule has 21 heavy (non-hydrogen) atoms. The first-order valence-electron chi connectivity index (χ1n) is 6.83. The maximum atomic E-state index is 12.1. The molecule has 0 aliphatic rings. The minimum absolute atomic E-state index is 0.322. The lowest BCUT2D eigenvalue weighted by molar-refractivity contribution is 0.0527. The third-order valence-electron chi connectivity index (χ3n) is 3.09. The van der Waals surface area contributed by atoms with Crippen molar-refractivity contribution in [2.75, 3.05) is 18.5 Å². The van der Waals surface area contributed by atoms with Crippen LogP contribution in [0, 0.1) is 6.92 Å². The van der Waals surface area contributed by atoms with Gasteiger partial charge in [-0.15, -0.1) is 0 Å². The standard InChI is InChI=1S/C15H20N4O2/c1-6-21-15(20)11-8-17-14-12(10(4)18-19(14)5)13(11)16-7-9(2)3/h8H,2,6-7H2,1,3-5H3,(H,16,17). The van der Waals surface area contributed by atoms with Crippen molar-refractivity contribution < 1.29 is 9.53 Å². The molecule has 0 unspecified atom stereocenters. The molecule has 0 saturated heterocycles. The highest BCUT2D eigenvalue weighted by Crippen LogP contribution is 2.29. The second kappa shape index (κ2) is 5.95. The predicted molar refractivity (Wildman–Crippen MR) is 82.5 cm³/mol. The molecule has 0 aliphatic heterocycles. The zero-order chi connectivity index (χ0) is 15.6. The Morgan fingerprint density at radius 3 is 2.86 bits per heavy atom. The van der Waals surface area contributed by atoms with Crippen LogP contribution < -0.4 is 5.32 Å². The largest absolute Gasteiger partial charge is 0.462 e. The summed E-state index contributed by atoms with van der Waals surface area (Å²) in [5.74, 6) is -0.389. The number of ether oxygens (including phenoxy) is 1. The molecular formula is C15H20N4O2. The Bertz CT molecular complexity index is 703. The number of aromatic nitrogens is 3. The lowest BCUT2D eigenvalue weighted by atomic mass is 10.1. The van der Waals surface area contributed by atoms with Crippen molar-refractivity contribution in [1.29, 1.82) is 0 Å². The van der Waals surface area contributed by atoms with E-state index in [1.807, 2.05) is 20.9 Å². The summed E-state index contributed by atoms with van der Waals surface area (Å²) >= 11 is 0. The monoisotopic (exact) mass is 288 g/mol. The Morgan fingerprint density at radius 2 is 2.24 bits per heavy atom. The maximum absolute atomic E-state index is 12.1. The molecule has 6 nitrogen and oxygen atoms in total. The van der Waals surface area contributed by atoms with Gasteiger partial charge in [0.05, 0.1) is 23.4 Å². The highest BCUT2D eigenvalue weighted by atomic mass is 16.5. The van der Waals surface area contributed by atoms with Gasteiger partial charge in [-0.2, -0.15) is 5.10 Å². The van der Waals surface area contributed by atoms with Gasteiger partial charge in [-0.1, -0.05) is 12.2 Å². The fourth-order valence-corrected chi connectivity index (χ4v) is 2.20. The third kappa shape index (κ3) is 2.89. The van der Waals surface area contributed by atoms with Crippen LogP contribution >= 0.6 is 0 Å². The molecule has 0 fully saturated rings. The minimum Gasteiger partial charge on any atom is -0.462 e. The molecule has 0 aromatic carbocycles. The summed E-state index contributed by atoms with van der Waals surface area (Å²) in [5, 5.41) is 8.46. The number of anilines is 1. The van der Waals surface area contributed by atoms with Crippen molar-refractivity contribution in [2.45, 2.75) is 20.8 Å². The topological polar surface area (TPSA) is 69.0 Å². The van der Waals surface area contributed by atoms with Crippen LogP contribution in [-0.4, -0.2) is 33.9 Å². The van der Waals surface area contributed by atoms with Crippen LogP contribution in [-0.2, 0) is 11.8 Å². The lowest BCUT2D eigenvalue weighted by Crippen LogP contribution is -2.12. The summed E-state index contributed by atoms with van der Waals surface area (Å²) in [6, 6.07) is 0. The molecule has 112 valence electrons. The van der Waals surface area contributed by atoms with E-state index >= 15 is 0 Å². The van der Waals surface area contributed by atoms with E-state index in [1.165, 1.54) is 6.20 Å². The molecule has 0 aliphatic carbocycles. The summed E-state index contributed by atoms with van der Waals surface area (Å²) < 4.78 is 6.80. The van der Waals surface area contributed by atoms with Gasteiger partial charge in [0.2, 0.25) is 0 Å². The number of nitrogens with zero attached hydrogens (tertiary/aromatic N) is 3. The minimum atomic E-state index is -0.389. The molecular weight excluding hydrogens is 268 g/mol. The second-order valence-electron chi connectivity index (χ2n) is 4.99. The highest BCUT2D eigenvalue weighted by molar-refractivity contribution is 6.05. The van der Waals surface area contributed by atoms with Crippen molar-refractivity contribution >= 4 is 22.7 Å². The van der Waals surface area contributed by atoms with Gasteiger partial charge in [-0.05, 0) is 20.8 Å². The maximum Gasteiger partial charge on any atom is 0.341 e. The van der Waals surface area contributed by atoms with Crippen LogP contribution in [0.1, 0.15) is 29.9 Å². The molecule has 0 atom stereocenters. The quantitative estimate of drug-likeness (QED) is 0.676. The summed E-state index contributed by atoms with van der Waals surface area (Å²) in [6.07, 6.45) is 1.53. The zero-order valence-electron chi connectivity index (χ0n) is 12.9. The van der Waals surface area contributed by atoms with E-state index in [0.29, 0.717) is 24.4 Å². The van der Waals surface area contributed by atoms with E-state index in [9.17, 15) is 4.79 Å². The Labute approximate surface area is 123 Å². The number of rotatable bonds is 5. The molecule has 0 saturated carbocycles. The summed E-state index contributed by atoms with van der Waals surface area (Å²) in [5.41, 5.74) is 3.63. The Hall–Kier alpha value is -2.37. The Morgan fingerprint density at radius 1 is 1.52 bits per heavy atom. The molecule has 0 amide bonds. The average Bonchev–Trinajstić information content (AvgIpc) is 2.71. The molecule has 2 aromatic rings.